The highest BCUT2D eigenvalue weighted by atomic mass is 31.2. The number of cyclic esters (lactones) is 1. The highest BCUT2D eigenvalue weighted by molar-refractivity contribution is 7.57. The number of esters is 1. The predicted molar refractivity (Wildman–Crippen MR) is 278 cm³/mol. The Balaban J connectivity index is 0.735. The van der Waals surface area contributed by atoms with Crippen LogP contribution >= 0.6 is 15.0 Å². The average Bonchev–Trinajstić information content (AvgIpc) is 3.73. The van der Waals surface area contributed by atoms with Gasteiger partial charge in [-0.2, -0.15) is 13.7 Å². The van der Waals surface area contributed by atoms with Gasteiger partial charge in [-0.25, -0.2) is 9.36 Å². The third kappa shape index (κ3) is 11.6. The van der Waals surface area contributed by atoms with Crippen molar-refractivity contribution in [2.75, 3.05) is 43.0 Å². The van der Waals surface area contributed by atoms with Crippen molar-refractivity contribution in [2.24, 2.45) is 0 Å². The molecule has 6 aromatic heterocycles. The van der Waals surface area contributed by atoms with Gasteiger partial charge in [0.1, 0.15) is 0 Å². The average molecular weight is 1010 g/mol. The molecule has 0 saturated carbocycles. The Hall–Kier alpha value is -7.77. The molecule has 0 radical (unpaired) electrons. The van der Waals surface area contributed by atoms with E-state index in [1.165, 1.54) is 6.66 Å². The summed E-state index contributed by atoms with van der Waals surface area (Å²) < 4.78 is 37.4. The van der Waals surface area contributed by atoms with Crippen molar-refractivity contribution < 1.29 is 51.6 Å². The number of carbonyl (C=O) groups excluding carboxylic acids is 1. The summed E-state index contributed by atoms with van der Waals surface area (Å²) in [7, 11) is -3.55. The van der Waals surface area contributed by atoms with E-state index in [4.69, 9.17) is 9.72 Å². The number of ether oxygens (including phenoxy) is 1. The van der Waals surface area contributed by atoms with Gasteiger partial charge < -0.3 is 29.2 Å². The van der Waals surface area contributed by atoms with Crippen LogP contribution in [0.4, 0.5) is 11.4 Å². The van der Waals surface area contributed by atoms with Crippen molar-refractivity contribution in [3.05, 3.63) is 217 Å². The first-order valence-electron chi connectivity index (χ1n) is 23.7. The summed E-state index contributed by atoms with van der Waals surface area (Å²) in [4.78, 5) is 54.7. The summed E-state index contributed by atoms with van der Waals surface area (Å²) in [5, 5.41) is 0.908. The molecule has 0 bridgehead atoms. The van der Waals surface area contributed by atoms with E-state index in [-0.39, 0.29) is 24.8 Å². The molecule has 0 amide bonds. The number of hydrogen-bond acceptors (Lipinski definition) is 8. The highest BCUT2D eigenvalue weighted by Crippen LogP contribution is 2.40. The zero-order chi connectivity index (χ0) is 50.9. The quantitative estimate of drug-likeness (QED) is 0.0498. The molecule has 366 valence electrons. The van der Waals surface area contributed by atoms with Gasteiger partial charge in [0.15, 0.2) is 43.3 Å². The first-order valence-corrected chi connectivity index (χ1v) is 27.7. The molecular formula is C56H54N8O7P2+4. The Morgan fingerprint density at radius 2 is 1.27 bits per heavy atom. The number of benzene rings is 3. The number of aromatic nitrogens is 6. The SMILES string of the molecule is CN(C[n+]1ccc(-c2cc[n+](-c3cccc(C[n+]4ccc(-c5cc[n+](-c6ccc7ncc(CCP(=O)(O)O)cc7c6)cc5)cc4)n3)cc2)cc1)c1ccc2c(c1)C(=O)OC2c1ccc(N(C)CP(C)(=O)O)cc1. The normalized spacial score (nSPS) is 14.1. The number of carbonyl (C=O) groups is 1. The monoisotopic (exact) mass is 1010 g/mol. The summed E-state index contributed by atoms with van der Waals surface area (Å²) in [6.07, 6.45) is 17.5. The zero-order valence-electron chi connectivity index (χ0n) is 40.5. The van der Waals surface area contributed by atoms with Crippen LogP contribution < -0.4 is 28.1 Å². The fraction of sp³-hybridized carbons (Fsp3) is 0.161. The molecule has 15 nitrogen and oxygen atoms in total. The minimum absolute atomic E-state index is 0.0452. The maximum atomic E-state index is 13.1. The third-order valence-corrected chi connectivity index (χ3v) is 14.7. The largest absolute Gasteiger partial charge is 0.449 e. The molecule has 7 heterocycles. The van der Waals surface area contributed by atoms with E-state index in [0.29, 0.717) is 18.8 Å². The third-order valence-electron chi connectivity index (χ3n) is 12.9. The minimum Gasteiger partial charge on any atom is -0.449 e. The van der Waals surface area contributed by atoms with Gasteiger partial charge in [0.2, 0.25) is 32.0 Å². The lowest BCUT2D eigenvalue weighted by Gasteiger charge is -2.21. The molecule has 17 heteroatoms. The van der Waals surface area contributed by atoms with E-state index in [1.54, 1.807) is 18.1 Å². The van der Waals surface area contributed by atoms with E-state index in [9.17, 15) is 28.6 Å². The minimum atomic E-state index is -4.09. The van der Waals surface area contributed by atoms with Gasteiger partial charge in [0.05, 0.1) is 35.9 Å². The van der Waals surface area contributed by atoms with Gasteiger partial charge in [0.25, 0.3) is 0 Å². The molecule has 0 spiro atoms. The van der Waals surface area contributed by atoms with Crippen molar-refractivity contribution >= 4 is 43.2 Å². The van der Waals surface area contributed by atoms with Crippen LogP contribution in [-0.4, -0.2) is 63.8 Å². The van der Waals surface area contributed by atoms with Crippen LogP contribution in [-0.2, 0) is 33.5 Å². The first kappa shape index (κ1) is 48.8. The smallest absolute Gasteiger partial charge is 0.339 e. The summed E-state index contributed by atoms with van der Waals surface area (Å²) >= 11 is 0. The van der Waals surface area contributed by atoms with Crippen LogP contribution in [0, 0.1) is 0 Å². The molecule has 0 fully saturated rings. The second kappa shape index (κ2) is 20.4. The molecule has 0 saturated heterocycles. The lowest BCUT2D eigenvalue weighted by atomic mass is 9.98. The molecule has 10 rings (SSSR count). The number of hydrogen-bond donors (Lipinski definition) is 3. The van der Waals surface area contributed by atoms with Gasteiger partial charge in [-0.05, 0) is 105 Å². The Morgan fingerprint density at radius 1 is 0.658 bits per heavy atom. The number of aryl methyl sites for hydroxylation is 1. The van der Waals surface area contributed by atoms with Crippen LogP contribution in [0.2, 0.25) is 0 Å². The van der Waals surface area contributed by atoms with Gasteiger partial charge in [-0.15, -0.1) is 0 Å². The van der Waals surface area contributed by atoms with Crippen molar-refractivity contribution in [2.45, 2.75) is 25.7 Å². The number of rotatable bonds is 16. The maximum absolute atomic E-state index is 13.1. The number of nitrogens with zero attached hydrogens (tertiary/aromatic N) is 8. The molecule has 3 aromatic carbocycles. The maximum Gasteiger partial charge on any atom is 0.339 e. The molecule has 2 atom stereocenters. The summed E-state index contributed by atoms with van der Waals surface area (Å²) in [6, 6.07) is 44.0. The van der Waals surface area contributed by atoms with Crippen LogP contribution in [0.3, 0.4) is 0 Å². The Morgan fingerprint density at radius 3 is 1.92 bits per heavy atom. The van der Waals surface area contributed by atoms with Crippen LogP contribution in [0.5, 0.6) is 0 Å². The predicted octanol–water partition coefficient (Wildman–Crippen LogP) is 7.51. The molecular weight excluding hydrogens is 959 g/mol. The van der Waals surface area contributed by atoms with Gasteiger partial charge >= 0.3 is 19.4 Å². The molecule has 0 aliphatic carbocycles. The molecule has 9 aromatic rings. The second-order valence-corrected chi connectivity index (χ2v) is 22.7. The van der Waals surface area contributed by atoms with Crippen LogP contribution in [0.25, 0.3) is 44.7 Å². The standard InChI is InChI=1S/C56H51N8O7P2/c1-59(49-11-13-51-52(35-49)56(65)71-55(51)45-7-9-48(10-8-45)60(2)39-72(3,66)67)38-62-26-17-42(18-27-62)44-21-30-64(31-22-44)54-6-4-5-47(58-54)37-61-24-15-41(16-25-61)43-19-28-63(29-20-43)50-12-14-53-46(34-50)33-40(36-57-53)23-32-73(68,69)70/h4-22,24-31,33-36,55H,23,32,37-39H2,1-3H3/q+1/p+3. The number of anilines is 2. The van der Waals surface area contributed by atoms with E-state index in [2.05, 4.69) is 79.9 Å². The number of fused-ring (bicyclic) bond motifs is 2. The van der Waals surface area contributed by atoms with E-state index >= 15 is 0 Å². The molecule has 2 unspecified atom stereocenters. The van der Waals surface area contributed by atoms with E-state index in [0.717, 1.165) is 78.4 Å². The van der Waals surface area contributed by atoms with Crippen molar-refractivity contribution in [3.63, 3.8) is 0 Å². The summed E-state index contributed by atoms with van der Waals surface area (Å²) in [5.41, 5.74) is 11.6. The number of pyridine rings is 6. The van der Waals surface area contributed by atoms with Crippen molar-refractivity contribution in [1.29, 1.82) is 0 Å². The molecule has 1 aliphatic rings. The van der Waals surface area contributed by atoms with Crippen LogP contribution in [0.15, 0.2) is 189 Å². The molecule has 3 N–H and O–H groups in total. The van der Waals surface area contributed by atoms with Gasteiger partial charge in [0, 0.05) is 104 Å². The fourth-order valence-corrected chi connectivity index (χ4v) is 10.6. The van der Waals surface area contributed by atoms with Crippen LogP contribution in [0.1, 0.15) is 38.8 Å². The summed E-state index contributed by atoms with van der Waals surface area (Å²) in [5.74, 6) is 0.450. The van der Waals surface area contributed by atoms with E-state index < -0.39 is 21.1 Å². The fourth-order valence-electron chi connectivity index (χ4n) is 9.06. The zero-order valence-corrected chi connectivity index (χ0v) is 42.2. The van der Waals surface area contributed by atoms with Crippen molar-refractivity contribution in [1.82, 2.24) is 9.97 Å². The Kier molecular flexibility index (Phi) is 13.6. The second-order valence-electron chi connectivity index (χ2n) is 18.6. The van der Waals surface area contributed by atoms with Gasteiger partial charge in [-0.3, -0.25) is 14.1 Å². The first-order chi connectivity index (χ1) is 35.1. The van der Waals surface area contributed by atoms with Gasteiger partial charge in [-0.1, -0.05) is 18.2 Å². The van der Waals surface area contributed by atoms with Crippen molar-refractivity contribution in [3.8, 4) is 33.8 Å². The van der Waals surface area contributed by atoms with E-state index in [1.807, 2.05) is 138 Å². The summed E-state index contributed by atoms with van der Waals surface area (Å²) in [6.45, 7) is 2.50. The Bertz CT molecular complexity index is 3570. The topological polar surface area (TPSA) is 169 Å². The highest BCUT2D eigenvalue weighted by Gasteiger charge is 2.33. The lowest BCUT2D eigenvalue weighted by Crippen LogP contribution is -2.41. The Labute approximate surface area is 422 Å². The molecule has 1 aliphatic heterocycles. The lowest BCUT2D eigenvalue weighted by molar-refractivity contribution is -0.695. The molecule has 73 heavy (non-hydrogen) atoms.